The summed E-state index contributed by atoms with van der Waals surface area (Å²) in [5, 5.41) is 3.23. The predicted octanol–water partition coefficient (Wildman–Crippen LogP) is 0.920. The topological polar surface area (TPSA) is 49.5 Å². The summed E-state index contributed by atoms with van der Waals surface area (Å²) in [6.45, 7) is 5.88. The minimum absolute atomic E-state index is 0.0288. The Balaban J connectivity index is 2.51. The van der Waals surface area contributed by atoms with E-state index in [9.17, 15) is 4.79 Å². The van der Waals surface area contributed by atoms with Gasteiger partial charge in [-0.1, -0.05) is 11.6 Å². The molecule has 0 saturated carbocycles. The molecule has 3 heteroatoms. The molecule has 0 unspecified atom stereocenters. The van der Waals surface area contributed by atoms with Gasteiger partial charge in [-0.15, -0.1) is 0 Å². The first kappa shape index (κ1) is 10.9. The van der Waals surface area contributed by atoms with Crippen molar-refractivity contribution in [3.05, 3.63) is 45.7 Å². The van der Waals surface area contributed by atoms with Crippen LogP contribution >= 0.6 is 0 Å². The third-order valence-electron chi connectivity index (χ3n) is 2.73. The fourth-order valence-corrected chi connectivity index (χ4v) is 1.82. The molecule has 1 aromatic carbocycles. The lowest BCUT2D eigenvalue weighted by Gasteiger charge is -2.03. The van der Waals surface area contributed by atoms with Gasteiger partial charge in [0.2, 0.25) is 0 Å². The number of aromatic nitrogens is 1. The van der Waals surface area contributed by atoms with E-state index in [1.165, 1.54) is 5.56 Å². The number of aryl methyl sites for hydroxylation is 1. The maximum absolute atomic E-state index is 11.7. The monoisotopic (exact) mass is 217 g/mol. The Hall–Kier alpha value is -1.61. The molecule has 2 rings (SSSR count). The van der Waals surface area contributed by atoms with Crippen LogP contribution in [0, 0.1) is 6.92 Å². The van der Waals surface area contributed by atoms with Crippen molar-refractivity contribution in [2.75, 3.05) is 6.54 Å². The van der Waals surface area contributed by atoms with Gasteiger partial charge in [-0.25, -0.2) is 0 Å². The standard InChI is InChI=1S/C13H16N2O/c1-3-14-8-11-7-10-6-9(2)4-5-12(10)15-13(11)16/h4-7,14H,3,8H2,1-2H3,(H,15,16)/p+1. The molecular formula is C13H17N2O+. The van der Waals surface area contributed by atoms with Crippen LogP contribution in [0.1, 0.15) is 18.1 Å². The van der Waals surface area contributed by atoms with Gasteiger partial charge in [-0.05, 0) is 37.4 Å². The molecule has 0 bridgehead atoms. The number of quaternary nitrogens is 1. The van der Waals surface area contributed by atoms with Gasteiger partial charge in [-0.2, -0.15) is 0 Å². The van der Waals surface area contributed by atoms with E-state index in [0.29, 0.717) is 0 Å². The van der Waals surface area contributed by atoms with Crippen molar-refractivity contribution in [3.8, 4) is 0 Å². The highest BCUT2D eigenvalue weighted by Gasteiger charge is 2.03. The number of hydrogen-bond acceptors (Lipinski definition) is 1. The van der Waals surface area contributed by atoms with Gasteiger partial charge in [-0.3, -0.25) is 4.79 Å². The van der Waals surface area contributed by atoms with Crippen LogP contribution in [0.5, 0.6) is 0 Å². The summed E-state index contributed by atoms with van der Waals surface area (Å²) >= 11 is 0. The molecule has 0 aliphatic rings. The third-order valence-corrected chi connectivity index (χ3v) is 2.73. The number of rotatable bonds is 3. The third kappa shape index (κ3) is 2.14. The van der Waals surface area contributed by atoms with Crippen LogP contribution in [0.3, 0.4) is 0 Å². The summed E-state index contributed by atoms with van der Waals surface area (Å²) in [5.74, 6) is 0. The van der Waals surface area contributed by atoms with Crippen LogP contribution in [0.4, 0.5) is 0 Å². The summed E-state index contributed by atoms with van der Waals surface area (Å²) in [6.07, 6.45) is 0. The molecule has 2 aromatic rings. The molecule has 0 atom stereocenters. The SMILES string of the molecule is CC[NH2+]Cc1cc2cc(C)ccc2[nH]c1=O. The minimum Gasteiger partial charge on any atom is -0.343 e. The number of pyridine rings is 1. The van der Waals surface area contributed by atoms with Gasteiger partial charge >= 0.3 is 0 Å². The average Bonchev–Trinajstić information content (AvgIpc) is 2.27. The van der Waals surface area contributed by atoms with Crippen molar-refractivity contribution in [1.82, 2.24) is 4.98 Å². The first-order chi connectivity index (χ1) is 7.70. The number of nitrogens with two attached hydrogens (primary N) is 1. The van der Waals surface area contributed by atoms with Gasteiger partial charge in [0, 0.05) is 5.52 Å². The van der Waals surface area contributed by atoms with E-state index >= 15 is 0 Å². The van der Waals surface area contributed by atoms with Crippen molar-refractivity contribution in [2.24, 2.45) is 0 Å². The number of aromatic amines is 1. The van der Waals surface area contributed by atoms with E-state index in [-0.39, 0.29) is 5.56 Å². The Kier molecular flexibility index (Phi) is 3.06. The van der Waals surface area contributed by atoms with E-state index in [0.717, 1.165) is 29.6 Å². The van der Waals surface area contributed by atoms with E-state index in [4.69, 9.17) is 0 Å². The maximum atomic E-state index is 11.7. The molecule has 0 amide bonds. The van der Waals surface area contributed by atoms with Gasteiger partial charge in [0.25, 0.3) is 5.56 Å². The largest absolute Gasteiger partial charge is 0.343 e. The fraction of sp³-hybridized carbons (Fsp3) is 0.308. The van der Waals surface area contributed by atoms with Crippen molar-refractivity contribution in [2.45, 2.75) is 20.4 Å². The quantitative estimate of drug-likeness (QED) is 0.789. The molecule has 0 radical (unpaired) electrons. The first-order valence-corrected chi connectivity index (χ1v) is 5.65. The Bertz CT molecular complexity index is 557. The van der Waals surface area contributed by atoms with Crippen molar-refractivity contribution in [3.63, 3.8) is 0 Å². The van der Waals surface area contributed by atoms with Crippen LogP contribution in [-0.2, 0) is 6.54 Å². The molecule has 3 nitrogen and oxygen atoms in total. The molecule has 0 spiro atoms. The molecule has 84 valence electrons. The van der Waals surface area contributed by atoms with Crippen LogP contribution in [0.25, 0.3) is 10.9 Å². The van der Waals surface area contributed by atoms with Gasteiger partial charge in [0.05, 0.1) is 12.1 Å². The Morgan fingerprint density at radius 1 is 1.31 bits per heavy atom. The van der Waals surface area contributed by atoms with Crippen molar-refractivity contribution >= 4 is 10.9 Å². The number of hydrogen-bond donors (Lipinski definition) is 2. The second-order valence-electron chi connectivity index (χ2n) is 4.12. The summed E-state index contributed by atoms with van der Waals surface area (Å²) in [5.41, 5.74) is 3.00. The van der Waals surface area contributed by atoms with Crippen LogP contribution in [0.15, 0.2) is 29.1 Å². The molecule has 3 N–H and O–H groups in total. The zero-order chi connectivity index (χ0) is 11.5. The first-order valence-electron chi connectivity index (χ1n) is 5.65. The summed E-state index contributed by atoms with van der Waals surface area (Å²) in [6, 6.07) is 8.06. The van der Waals surface area contributed by atoms with E-state index in [2.05, 4.69) is 30.2 Å². The van der Waals surface area contributed by atoms with Gasteiger partial charge in [0.1, 0.15) is 6.54 Å². The molecule has 0 fully saturated rings. The zero-order valence-electron chi connectivity index (χ0n) is 9.71. The van der Waals surface area contributed by atoms with Crippen LogP contribution in [-0.4, -0.2) is 11.5 Å². The Morgan fingerprint density at radius 3 is 2.88 bits per heavy atom. The van der Waals surface area contributed by atoms with E-state index < -0.39 is 0 Å². The number of fused-ring (bicyclic) bond motifs is 1. The maximum Gasteiger partial charge on any atom is 0.257 e. The minimum atomic E-state index is 0.0288. The molecule has 0 aliphatic carbocycles. The second kappa shape index (κ2) is 4.49. The lowest BCUT2D eigenvalue weighted by Crippen LogP contribution is -2.82. The highest BCUT2D eigenvalue weighted by atomic mass is 16.1. The smallest absolute Gasteiger partial charge is 0.257 e. The zero-order valence-corrected chi connectivity index (χ0v) is 9.71. The predicted molar refractivity (Wildman–Crippen MR) is 65.5 cm³/mol. The normalized spacial score (nSPS) is 10.9. The van der Waals surface area contributed by atoms with E-state index in [1.54, 1.807) is 0 Å². The fourth-order valence-electron chi connectivity index (χ4n) is 1.82. The highest BCUT2D eigenvalue weighted by Crippen LogP contribution is 2.12. The van der Waals surface area contributed by atoms with Gasteiger partial charge < -0.3 is 10.3 Å². The molecule has 1 aromatic heterocycles. The van der Waals surface area contributed by atoms with Crippen molar-refractivity contribution < 1.29 is 5.32 Å². The molecule has 0 saturated heterocycles. The molecule has 0 aliphatic heterocycles. The highest BCUT2D eigenvalue weighted by molar-refractivity contribution is 5.79. The Morgan fingerprint density at radius 2 is 2.12 bits per heavy atom. The number of benzene rings is 1. The summed E-state index contributed by atoms with van der Waals surface area (Å²) < 4.78 is 0. The number of nitrogens with one attached hydrogen (secondary N) is 1. The van der Waals surface area contributed by atoms with Crippen LogP contribution < -0.4 is 10.9 Å². The number of H-pyrrole nitrogens is 1. The molecule has 16 heavy (non-hydrogen) atoms. The summed E-state index contributed by atoms with van der Waals surface area (Å²) in [7, 11) is 0. The lowest BCUT2D eigenvalue weighted by molar-refractivity contribution is -0.667. The van der Waals surface area contributed by atoms with Crippen LogP contribution in [0.2, 0.25) is 0 Å². The average molecular weight is 217 g/mol. The van der Waals surface area contributed by atoms with Gasteiger partial charge in [0.15, 0.2) is 0 Å². The van der Waals surface area contributed by atoms with E-state index in [1.807, 2.05) is 18.2 Å². The second-order valence-corrected chi connectivity index (χ2v) is 4.12. The Labute approximate surface area is 94.5 Å². The van der Waals surface area contributed by atoms with Crippen molar-refractivity contribution in [1.29, 1.82) is 0 Å². The lowest BCUT2D eigenvalue weighted by atomic mass is 10.1. The molecule has 1 heterocycles. The molecular weight excluding hydrogens is 200 g/mol. The summed E-state index contributed by atoms with van der Waals surface area (Å²) in [4.78, 5) is 14.7.